The molecule has 3 aliphatic rings. The van der Waals surface area contributed by atoms with Crippen LogP contribution in [0.4, 0.5) is 32.2 Å². The molecule has 2 aromatic carbocycles. The van der Waals surface area contributed by atoms with E-state index in [0.717, 1.165) is 44.8 Å². The van der Waals surface area contributed by atoms with Gasteiger partial charge in [0.2, 0.25) is 0 Å². The number of nitrogens with one attached hydrogen (secondary N) is 2. The van der Waals surface area contributed by atoms with Gasteiger partial charge < -0.3 is 15.0 Å². The third-order valence-electron chi connectivity index (χ3n) is 9.38. The molecule has 3 fully saturated rings. The number of hydrogen-bond acceptors (Lipinski definition) is 7. The quantitative estimate of drug-likeness (QED) is 0.245. The lowest BCUT2D eigenvalue weighted by Gasteiger charge is -2.34. The van der Waals surface area contributed by atoms with Crippen molar-refractivity contribution in [1.82, 2.24) is 30.4 Å². The average Bonchev–Trinajstić information content (AvgIpc) is 3.71. The first-order valence-electron chi connectivity index (χ1n) is 15.0. The number of halogens is 6. The molecule has 1 atom stereocenters. The van der Waals surface area contributed by atoms with E-state index in [1.54, 1.807) is 4.90 Å². The number of piperazine rings is 1. The van der Waals surface area contributed by atoms with E-state index in [1.807, 2.05) is 0 Å². The Morgan fingerprint density at radius 1 is 1.11 bits per heavy atom. The number of H-pyrrole nitrogens is 1. The number of hydrogen-bond donors (Lipinski definition) is 2. The maximum Gasteiger partial charge on any atom is 0.417 e. The third kappa shape index (κ3) is 5.27. The Bertz CT molecular complexity index is 1790. The summed E-state index contributed by atoms with van der Waals surface area (Å²) >= 11 is 0. The lowest BCUT2D eigenvalue weighted by molar-refractivity contribution is -0.137. The molecule has 0 saturated carbocycles. The standard InChI is InChI=1S/C31H31F6N7O/c1-17-12-22-21(14-39-42-22)24(25(17)31(35,36)37)19-4-5-20-27(26(19)34)40-29(45-16-30-6-2-9-44(30)10-3-7-30)41-28(20)43-11-8-38-18(15-43)13-23(32)33/h4-5,12-14,18,38H,2-3,6-11,15-16H2,1H3,(H,39,42). The van der Waals surface area contributed by atoms with Gasteiger partial charge in [-0.25, -0.2) is 4.39 Å². The Kier molecular flexibility index (Phi) is 7.39. The fraction of sp³-hybridized carbons (Fsp3) is 0.452. The van der Waals surface area contributed by atoms with Gasteiger partial charge in [0.05, 0.1) is 22.8 Å². The summed E-state index contributed by atoms with van der Waals surface area (Å²) in [5, 5.41) is 9.96. The van der Waals surface area contributed by atoms with Crippen LogP contribution in [0.3, 0.4) is 0 Å². The summed E-state index contributed by atoms with van der Waals surface area (Å²) in [6.07, 6.45) is -0.592. The first-order chi connectivity index (χ1) is 21.5. The summed E-state index contributed by atoms with van der Waals surface area (Å²) in [5.41, 5.74) is -1.74. The van der Waals surface area contributed by atoms with Crippen molar-refractivity contribution >= 4 is 27.6 Å². The van der Waals surface area contributed by atoms with Crippen molar-refractivity contribution in [3.8, 4) is 17.1 Å². The summed E-state index contributed by atoms with van der Waals surface area (Å²) in [5.74, 6) is -0.705. The van der Waals surface area contributed by atoms with Crippen LogP contribution in [-0.4, -0.2) is 76.0 Å². The smallest absolute Gasteiger partial charge is 0.417 e. The SMILES string of the molecule is Cc1cc2[nH]ncc2c(-c2ccc3c(N4CCNC(C=C(F)F)C4)nc(OCC45CCCN4CCC5)nc3c2F)c1C(F)(F)F. The highest BCUT2D eigenvalue weighted by atomic mass is 19.4. The lowest BCUT2D eigenvalue weighted by Crippen LogP contribution is -2.50. The zero-order valence-corrected chi connectivity index (χ0v) is 24.4. The zero-order chi connectivity index (χ0) is 31.5. The Morgan fingerprint density at radius 3 is 2.62 bits per heavy atom. The molecule has 8 nitrogen and oxygen atoms in total. The molecular formula is C31H31F6N7O. The molecule has 4 aromatic rings. The number of aromatic amines is 1. The van der Waals surface area contributed by atoms with Crippen LogP contribution in [0.15, 0.2) is 36.6 Å². The number of alkyl halides is 3. The molecule has 45 heavy (non-hydrogen) atoms. The highest BCUT2D eigenvalue weighted by molar-refractivity contribution is 6.01. The molecule has 1 unspecified atom stereocenters. The molecule has 3 saturated heterocycles. The Balaban J connectivity index is 1.39. The van der Waals surface area contributed by atoms with E-state index in [-0.39, 0.29) is 63.5 Å². The molecule has 0 spiro atoms. The number of aromatic nitrogens is 4. The largest absolute Gasteiger partial charge is 0.461 e. The fourth-order valence-electron chi connectivity index (χ4n) is 7.39. The van der Waals surface area contributed by atoms with E-state index in [1.165, 1.54) is 31.3 Å². The van der Waals surface area contributed by atoms with Crippen molar-refractivity contribution in [2.45, 2.75) is 50.4 Å². The van der Waals surface area contributed by atoms with Gasteiger partial charge in [-0.2, -0.15) is 37.0 Å². The van der Waals surface area contributed by atoms with Crippen molar-refractivity contribution in [3.05, 3.63) is 53.5 Å². The molecule has 0 radical (unpaired) electrons. The summed E-state index contributed by atoms with van der Waals surface area (Å²) in [6.45, 7) is 4.36. The van der Waals surface area contributed by atoms with Gasteiger partial charge in [0.25, 0.3) is 6.08 Å². The van der Waals surface area contributed by atoms with Crippen LogP contribution >= 0.6 is 0 Å². The maximum atomic E-state index is 16.7. The minimum atomic E-state index is -4.78. The molecule has 238 valence electrons. The van der Waals surface area contributed by atoms with Crippen LogP contribution in [-0.2, 0) is 6.18 Å². The van der Waals surface area contributed by atoms with Crippen molar-refractivity contribution in [1.29, 1.82) is 0 Å². The summed E-state index contributed by atoms with van der Waals surface area (Å²) < 4.78 is 92.5. The molecule has 5 heterocycles. The van der Waals surface area contributed by atoms with Gasteiger partial charge in [-0.15, -0.1) is 0 Å². The highest BCUT2D eigenvalue weighted by Gasteiger charge is 2.45. The molecule has 0 bridgehead atoms. The number of fused-ring (bicyclic) bond motifs is 3. The number of aryl methyl sites for hydroxylation is 1. The number of nitrogens with zero attached hydrogens (tertiary/aromatic N) is 5. The molecule has 2 N–H and O–H groups in total. The fourth-order valence-corrected chi connectivity index (χ4v) is 7.39. The van der Waals surface area contributed by atoms with Gasteiger partial charge >= 0.3 is 12.2 Å². The lowest BCUT2D eigenvalue weighted by atomic mass is 9.91. The van der Waals surface area contributed by atoms with Crippen LogP contribution in [0.1, 0.15) is 36.8 Å². The minimum absolute atomic E-state index is 0.0851. The van der Waals surface area contributed by atoms with Gasteiger partial charge in [-0.05, 0) is 69.5 Å². The second-order valence-corrected chi connectivity index (χ2v) is 12.1. The summed E-state index contributed by atoms with van der Waals surface area (Å²) in [7, 11) is 0. The van der Waals surface area contributed by atoms with Gasteiger partial charge in [0.1, 0.15) is 17.9 Å². The second kappa shape index (κ2) is 11.2. The molecule has 14 heteroatoms. The molecular weight excluding hydrogens is 600 g/mol. The van der Waals surface area contributed by atoms with E-state index < -0.39 is 29.7 Å². The van der Waals surface area contributed by atoms with Gasteiger partial charge in [-0.3, -0.25) is 10.00 Å². The average molecular weight is 632 g/mol. The number of rotatable bonds is 6. The van der Waals surface area contributed by atoms with E-state index in [9.17, 15) is 22.0 Å². The number of anilines is 1. The van der Waals surface area contributed by atoms with Gasteiger partial charge in [0.15, 0.2) is 5.82 Å². The van der Waals surface area contributed by atoms with Crippen LogP contribution in [0.25, 0.3) is 32.9 Å². The van der Waals surface area contributed by atoms with Crippen LogP contribution < -0.4 is 15.0 Å². The Hall–Kier alpha value is -3.91. The predicted octanol–water partition coefficient (Wildman–Crippen LogP) is 6.21. The second-order valence-electron chi connectivity index (χ2n) is 12.1. The molecule has 0 amide bonds. The van der Waals surface area contributed by atoms with E-state index in [2.05, 4.69) is 30.4 Å². The monoisotopic (exact) mass is 631 g/mol. The van der Waals surface area contributed by atoms with Crippen molar-refractivity contribution < 1.29 is 31.1 Å². The molecule has 2 aromatic heterocycles. The van der Waals surface area contributed by atoms with E-state index in [4.69, 9.17) is 4.74 Å². The van der Waals surface area contributed by atoms with Crippen LogP contribution in [0, 0.1) is 12.7 Å². The van der Waals surface area contributed by atoms with Crippen LogP contribution in [0.2, 0.25) is 0 Å². The van der Waals surface area contributed by atoms with Crippen molar-refractivity contribution in [3.63, 3.8) is 0 Å². The zero-order valence-electron chi connectivity index (χ0n) is 24.4. The van der Waals surface area contributed by atoms with Gasteiger partial charge in [-0.1, -0.05) is 6.07 Å². The number of ether oxygens (including phenoxy) is 1. The first-order valence-corrected chi connectivity index (χ1v) is 15.0. The Labute approximate surface area is 254 Å². The minimum Gasteiger partial charge on any atom is -0.461 e. The van der Waals surface area contributed by atoms with Crippen molar-refractivity contribution in [2.75, 3.05) is 44.2 Å². The first kappa shape index (κ1) is 29.8. The topological polar surface area (TPSA) is 82.2 Å². The number of benzene rings is 2. The highest BCUT2D eigenvalue weighted by Crippen LogP contribution is 2.45. The summed E-state index contributed by atoms with van der Waals surface area (Å²) in [6, 6.07) is 3.30. The van der Waals surface area contributed by atoms with E-state index in [0.29, 0.717) is 18.6 Å². The van der Waals surface area contributed by atoms with Crippen molar-refractivity contribution in [2.24, 2.45) is 0 Å². The normalized spacial score (nSPS) is 20.2. The Morgan fingerprint density at radius 2 is 1.89 bits per heavy atom. The maximum absolute atomic E-state index is 16.7. The van der Waals surface area contributed by atoms with Crippen LogP contribution in [0.5, 0.6) is 6.01 Å². The van der Waals surface area contributed by atoms with Gasteiger partial charge in [0, 0.05) is 47.6 Å². The molecule has 3 aliphatic heterocycles. The third-order valence-corrected chi connectivity index (χ3v) is 9.38. The molecule has 7 rings (SSSR count). The summed E-state index contributed by atoms with van der Waals surface area (Å²) in [4.78, 5) is 13.2. The van der Waals surface area contributed by atoms with E-state index >= 15 is 4.39 Å². The molecule has 0 aliphatic carbocycles. The predicted molar refractivity (Wildman–Crippen MR) is 157 cm³/mol.